The quantitative estimate of drug-likeness (QED) is 0.248. The smallest absolute Gasteiger partial charge is 0.410 e. The van der Waals surface area contributed by atoms with E-state index in [2.05, 4.69) is 26.8 Å². The summed E-state index contributed by atoms with van der Waals surface area (Å²) >= 11 is 6.59. The van der Waals surface area contributed by atoms with Crippen molar-refractivity contribution in [1.29, 1.82) is 0 Å². The number of aromatic nitrogens is 3. The van der Waals surface area contributed by atoms with E-state index in [9.17, 15) is 4.79 Å². The Morgan fingerprint density at radius 2 is 1.89 bits per heavy atom. The lowest BCUT2D eigenvalue weighted by atomic mass is 10.0. The molecule has 4 aromatic rings. The van der Waals surface area contributed by atoms with Gasteiger partial charge in [0.05, 0.1) is 5.39 Å². The molecule has 0 spiro atoms. The molecule has 11 heteroatoms. The maximum atomic E-state index is 16.6. The average Bonchev–Trinajstić information content (AvgIpc) is 3.39. The van der Waals surface area contributed by atoms with Gasteiger partial charge in [-0.3, -0.25) is 4.98 Å². The van der Waals surface area contributed by atoms with E-state index in [1.54, 1.807) is 17.2 Å². The number of likely N-dealkylation sites (N-methyl/N-ethyl adjacent to an activating group) is 1. The standard InChI is InChI=1S/C33H38ClFN6O3/c1-20-18-40(32(42)44-33(2,3)4)15-16-41(20)30-24-17-36-28(23-12-6-9-21-10-7-13-25(34)26(21)23)27(35)29(24)37-31(38-30)43-19-22-11-8-14-39(22)5/h6-7,9-10,12-13,17,20,22H,8,11,14-16,18-19H2,1-5H3/t20-,22-/m0/s1. The first kappa shape index (κ1) is 30.3. The van der Waals surface area contributed by atoms with Gasteiger partial charge >= 0.3 is 12.1 Å². The Balaban J connectivity index is 1.41. The fraction of sp³-hybridized carbons (Fsp3) is 0.455. The summed E-state index contributed by atoms with van der Waals surface area (Å²) in [6.07, 6.45) is 3.39. The summed E-state index contributed by atoms with van der Waals surface area (Å²) in [6.45, 7) is 10.3. The molecule has 4 heterocycles. The second-order valence-corrected chi connectivity index (χ2v) is 13.1. The molecule has 2 aliphatic heterocycles. The van der Waals surface area contributed by atoms with Gasteiger partial charge in [-0.25, -0.2) is 9.18 Å². The van der Waals surface area contributed by atoms with Crippen LogP contribution in [0.5, 0.6) is 6.01 Å². The summed E-state index contributed by atoms with van der Waals surface area (Å²) in [5.74, 6) is -0.0449. The lowest BCUT2D eigenvalue weighted by Crippen LogP contribution is -2.55. The van der Waals surface area contributed by atoms with Crippen molar-refractivity contribution in [3.63, 3.8) is 0 Å². The lowest BCUT2D eigenvalue weighted by Gasteiger charge is -2.41. The molecule has 0 unspecified atom stereocenters. The molecule has 9 nitrogen and oxygen atoms in total. The van der Waals surface area contributed by atoms with Crippen molar-refractivity contribution in [3.8, 4) is 17.3 Å². The summed E-state index contributed by atoms with van der Waals surface area (Å²) in [5.41, 5.74) is 0.280. The van der Waals surface area contributed by atoms with Crippen molar-refractivity contribution >= 4 is 45.2 Å². The zero-order chi connectivity index (χ0) is 31.2. The largest absolute Gasteiger partial charge is 0.462 e. The van der Waals surface area contributed by atoms with E-state index < -0.39 is 11.4 Å². The third kappa shape index (κ3) is 5.97. The molecule has 232 valence electrons. The van der Waals surface area contributed by atoms with E-state index in [1.807, 2.05) is 58.0 Å². The Bertz CT molecular complexity index is 1710. The molecule has 0 aliphatic carbocycles. The highest BCUT2D eigenvalue weighted by molar-refractivity contribution is 6.36. The Morgan fingerprint density at radius 1 is 1.11 bits per heavy atom. The van der Waals surface area contributed by atoms with Gasteiger partial charge in [-0.1, -0.05) is 41.9 Å². The SMILES string of the molecule is C[C@H]1CN(C(=O)OC(C)(C)C)CCN1c1nc(OC[C@@H]2CCCN2C)nc2c(F)c(-c3cccc4cccc(Cl)c34)ncc12. The number of anilines is 1. The summed E-state index contributed by atoms with van der Waals surface area (Å²) in [7, 11) is 2.08. The highest BCUT2D eigenvalue weighted by Crippen LogP contribution is 2.38. The number of piperazine rings is 1. The van der Waals surface area contributed by atoms with Gasteiger partial charge in [-0.2, -0.15) is 9.97 Å². The van der Waals surface area contributed by atoms with Gasteiger partial charge < -0.3 is 24.2 Å². The second-order valence-electron chi connectivity index (χ2n) is 12.7. The molecule has 2 saturated heterocycles. The number of hydrogen-bond donors (Lipinski definition) is 0. The van der Waals surface area contributed by atoms with E-state index in [4.69, 9.17) is 26.1 Å². The molecule has 6 rings (SSSR count). The number of nitrogens with zero attached hydrogens (tertiary/aromatic N) is 6. The first-order chi connectivity index (χ1) is 21.0. The van der Waals surface area contributed by atoms with Crippen LogP contribution in [0.3, 0.4) is 0 Å². The van der Waals surface area contributed by atoms with Gasteiger partial charge in [0.25, 0.3) is 0 Å². The molecule has 0 radical (unpaired) electrons. The summed E-state index contributed by atoms with van der Waals surface area (Å²) < 4.78 is 28.4. The Labute approximate surface area is 261 Å². The summed E-state index contributed by atoms with van der Waals surface area (Å²) in [5, 5.41) is 2.61. The molecule has 44 heavy (non-hydrogen) atoms. The third-order valence-corrected chi connectivity index (χ3v) is 8.70. The van der Waals surface area contributed by atoms with Gasteiger partial charge in [-0.15, -0.1) is 0 Å². The van der Waals surface area contributed by atoms with Gasteiger partial charge in [0.15, 0.2) is 5.82 Å². The molecule has 2 aromatic heterocycles. The Kier molecular flexibility index (Phi) is 8.24. The Morgan fingerprint density at radius 3 is 2.59 bits per heavy atom. The van der Waals surface area contributed by atoms with Crippen molar-refractivity contribution in [2.45, 2.75) is 58.2 Å². The fourth-order valence-electron chi connectivity index (χ4n) is 6.11. The number of likely N-dealkylation sites (tertiary alicyclic amines) is 1. The predicted octanol–water partition coefficient (Wildman–Crippen LogP) is 6.56. The highest BCUT2D eigenvalue weighted by Gasteiger charge is 2.33. The minimum absolute atomic E-state index is 0.113. The van der Waals surface area contributed by atoms with Crippen LogP contribution in [-0.4, -0.2) is 88.4 Å². The Hall–Kier alpha value is -3.76. The fourth-order valence-corrected chi connectivity index (χ4v) is 6.39. The van der Waals surface area contributed by atoms with E-state index in [1.165, 1.54) is 0 Å². The van der Waals surface area contributed by atoms with Crippen molar-refractivity contribution < 1.29 is 18.7 Å². The number of carbonyl (C=O) groups excluding carboxylic acids is 1. The van der Waals surface area contributed by atoms with Gasteiger partial charge in [-0.05, 0) is 65.6 Å². The maximum Gasteiger partial charge on any atom is 0.410 e. The first-order valence-corrected chi connectivity index (χ1v) is 15.5. The second kappa shape index (κ2) is 12.0. The van der Waals surface area contributed by atoms with Crippen LogP contribution >= 0.6 is 11.6 Å². The number of amides is 1. The number of pyridine rings is 1. The normalized spacial score (nSPS) is 19.6. The number of ether oxygens (including phenoxy) is 2. The molecule has 0 saturated carbocycles. The van der Waals surface area contributed by atoms with Crippen LogP contribution in [-0.2, 0) is 4.74 Å². The maximum absolute atomic E-state index is 16.6. The highest BCUT2D eigenvalue weighted by atomic mass is 35.5. The molecule has 2 fully saturated rings. The van der Waals surface area contributed by atoms with Crippen molar-refractivity contribution in [3.05, 3.63) is 53.4 Å². The number of carbonyl (C=O) groups is 1. The van der Waals surface area contributed by atoms with Crippen LogP contribution in [0.2, 0.25) is 5.02 Å². The van der Waals surface area contributed by atoms with Crippen LogP contribution in [0.4, 0.5) is 15.0 Å². The molecular weight excluding hydrogens is 583 g/mol. The molecule has 0 N–H and O–H groups in total. The van der Waals surface area contributed by atoms with E-state index in [0.717, 1.165) is 30.2 Å². The molecule has 1 amide bonds. The summed E-state index contributed by atoms with van der Waals surface area (Å²) in [6, 6.07) is 11.4. The van der Waals surface area contributed by atoms with E-state index in [0.29, 0.717) is 48.0 Å². The first-order valence-electron chi connectivity index (χ1n) is 15.1. The summed E-state index contributed by atoms with van der Waals surface area (Å²) in [4.78, 5) is 32.8. The van der Waals surface area contributed by atoms with Gasteiger partial charge in [0.1, 0.15) is 29.2 Å². The van der Waals surface area contributed by atoms with E-state index in [-0.39, 0.29) is 35.4 Å². The third-order valence-electron chi connectivity index (χ3n) is 8.38. The zero-order valence-electron chi connectivity index (χ0n) is 25.8. The van der Waals surface area contributed by atoms with Gasteiger partial charge in [0.2, 0.25) is 0 Å². The van der Waals surface area contributed by atoms with Crippen LogP contribution in [0.1, 0.15) is 40.5 Å². The monoisotopic (exact) mass is 620 g/mol. The molecule has 0 bridgehead atoms. The number of benzene rings is 2. The number of fused-ring (bicyclic) bond motifs is 2. The van der Waals surface area contributed by atoms with Crippen LogP contribution in [0, 0.1) is 5.82 Å². The molecule has 2 atom stereocenters. The van der Waals surface area contributed by atoms with Crippen LogP contribution in [0.15, 0.2) is 42.6 Å². The average molecular weight is 621 g/mol. The minimum Gasteiger partial charge on any atom is -0.462 e. The minimum atomic E-state index is -0.588. The predicted molar refractivity (Wildman–Crippen MR) is 171 cm³/mol. The number of rotatable bonds is 5. The van der Waals surface area contributed by atoms with Crippen molar-refractivity contribution in [2.75, 3.05) is 44.7 Å². The number of halogens is 2. The molecule has 2 aromatic carbocycles. The van der Waals surface area contributed by atoms with E-state index >= 15 is 4.39 Å². The van der Waals surface area contributed by atoms with Crippen LogP contribution in [0.25, 0.3) is 32.9 Å². The molecular formula is C33H38ClFN6O3. The topological polar surface area (TPSA) is 83.9 Å². The van der Waals surface area contributed by atoms with Crippen molar-refractivity contribution in [1.82, 2.24) is 24.8 Å². The van der Waals surface area contributed by atoms with Crippen molar-refractivity contribution in [2.24, 2.45) is 0 Å². The van der Waals surface area contributed by atoms with Gasteiger partial charge in [0, 0.05) is 53.9 Å². The number of hydrogen-bond acceptors (Lipinski definition) is 8. The molecule has 2 aliphatic rings. The van der Waals surface area contributed by atoms with Crippen LogP contribution < -0.4 is 9.64 Å². The lowest BCUT2D eigenvalue weighted by molar-refractivity contribution is 0.0218. The zero-order valence-corrected chi connectivity index (χ0v) is 26.6.